The number of anilines is 1. The van der Waals surface area contributed by atoms with Gasteiger partial charge in [-0.1, -0.05) is 12.1 Å². The number of hydrogen-bond acceptors (Lipinski definition) is 5. The molecule has 7 heteroatoms. The van der Waals surface area contributed by atoms with Gasteiger partial charge >= 0.3 is 0 Å². The van der Waals surface area contributed by atoms with Gasteiger partial charge in [0.2, 0.25) is 5.91 Å². The number of ether oxygens (including phenoxy) is 2. The summed E-state index contributed by atoms with van der Waals surface area (Å²) in [4.78, 5) is 23.9. The van der Waals surface area contributed by atoms with E-state index in [1.807, 2.05) is 0 Å². The largest absolute Gasteiger partial charge is 0.506 e. The molecule has 0 bridgehead atoms. The third kappa shape index (κ3) is 4.16. The van der Waals surface area contributed by atoms with Gasteiger partial charge in [0.1, 0.15) is 5.75 Å². The fraction of sp³-hybridized carbons (Fsp3) is 0.176. The minimum absolute atomic E-state index is 0.0444. The summed E-state index contributed by atoms with van der Waals surface area (Å²) in [5, 5.41) is 14.6. The van der Waals surface area contributed by atoms with Gasteiger partial charge in [0.15, 0.2) is 11.5 Å². The number of amides is 2. The van der Waals surface area contributed by atoms with Gasteiger partial charge in [-0.3, -0.25) is 9.59 Å². The molecule has 0 atom stereocenters. The molecule has 2 amide bonds. The summed E-state index contributed by atoms with van der Waals surface area (Å²) < 4.78 is 10.2. The Hall–Kier alpha value is -3.22. The first-order valence-corrected chi connectivity index (χ1v) is 7.13. The van der Waals surface area contributed by atoms with Crippen molar-refractivity contribution in [2.45, 2.75) is 0 Å². The molecule has 0 spiro atoms. The Morgan fingerprint density at radius 2 is 1.75 bits per heavy atom. The SMILES string of the molecule is COc1ccc(C(=O)NCC(=O)Nc2ccccc2O)cc1OC. The quantitative estimate of drug-likeness (QED) is 0.702. The van der Waals surface area contributed by atoms with Crippen LogP contribution in [0.15, 0.2) is 42.5 Å². The van der Waals surface area contributed by atoms with E-state index in [1.54, 1.807) is 30.3 Å². The second kappa shape index (κ2) is 7.87. The number of carbonyl (C=O) groups excluding carboxylic acids is 2. The Morgan fingerprint density at radius 1 is 1.04 bits per heavy atom. The maximum absolute atomic E-state index is 12.1. The Bertz CT molecular complexity index is 746. The summed E-state index contributed by atoms with van der Waals surface area (Å²) in [5.74, 6) is 0.000867. The lowest BCUT2D eigenvalue weighted by molar-refractivity contribution is -0.115. The number of methoxy groups -OCH3 is 2. The van der Waals surface area contributed by atoms with Crippen LogP contribution in [0, 0.1) is 0 Å². The highest BCUT2D eigenvalue weighted by Gasteiger charge is 2.12. The lowest BCUT2D eigenvalue weighted by Crippen LogP contribution is -2.32. The van der Waals surface area contributed by atoms with Crippen molar-refractivity contribution in [1.82, 2.24) is 5.32 Å². The first kappa shape index (κ1) is 17.1. The van der Waals surface area contributed by atoms with Crippen molar-refractivity contribution in [3.8, 4) is 17.2 Å². The van der Waals surface area contributed by atoms with Crippen LogP contribution in [0.3, 0.4) is 0 Å². The number of phenols is 1. The predicted octanol–water partition coefficient (Wildman–Crippen LogP) is 1.78. The summed E-state index contributed by atoms with van der Waals surface area (Å²) in [5.41, 5.74) is 0.617. The Labute approximate surface area is 139 Å². The summed E-state index contributed by atoms with van der Waals surface area (Å²) >= 11 is 0. The Morgan fingerprint density at radius 3 is 2.42 bits per heavy atom. The van der Waals surface area contributed by atoms with Crippen LogP contribution in [0.1, 0.15) is 10.4 Å². The zero-order chi connectivity index (χ0) is 17.5. The average molecular weight is 330 g/mol. The molecule has 0 radical (unpaired) electrons. The molecule has 24 heavy (non-hydrogen) atoms. The third-order valence-electron chi connectivity index (χ3n) is 3.23. The van der Waals surface area contributed by atoms with Crippen molar-refractivity contribution in [2.75, 3.05) is 26.1 Å². The van der Waals surface area contributed by atoms with Crippen LogP contribution in [-0.2, 0) is 4.79 Å². The molecule has 0 aliphatic carbocycles. The van der Waals surface area contributed by atoms with E-state index in [2.05, 4.69) is 10.6 Å². The normalized spacial score (nSPS) is 9.92. The topological polar surface area (TPSA) is 96.9 Å². The maximum atomic E-state index is 12.1. The highest BCUT2D eigenvalue weighted by atomic mass is 16.5. The zero-order valence-electron chi connectivity index (χ0n) is 13.3. The van der Waals surface area contributed by atoms with Gasteiger partial charge in [0.05, 0.1) is 26.5 Å². The number of phenolic OH excluding ortho intramolecular Hbond substituents is 1. The molecule has 0 aliphatic rings. The van der Waals surface area contributed by atoms with E-state index < -0.39 is 11.8 Å². The fourth-order valence-corrected chi connectivity index (χ4v) is 2.01. The third-order valence-corrected chi connectivity index (χ3v) is 3.23. The van der Waals surface area contributed by atoms with Crippen LogP contribution in [0.25, 0.3) is 0 Å². The average Bonchev–Trinajstić information content (AvgIpc) is 2.61. The molecular formula is C17H18N2O5. The lowest BCUT2D eigenvalue weighted by atomic mass is 10.2. The van der Waals surface area contributed by atoms with Crippen molar-refractivity contribution in [3.05, 3.63) is 48.0 Å². The van der Waals surface area contributed by atoms with Gasteiger partial charge in [0, 0.05) is 5.56 Å². The van der Waals surface area contributed by atoms with Gasteiger partial charge < -0.3 is 25.2 Å². The van der Waals surface area contributed by atoms with Crippen LogP contribution in [0.5, 0.6) is 17.2 Å². The molecule has 2 aromatic carbocycles. The number of hydrogen-bond donors (Lipinski definition) is 3. The number of nitrogens with one attached hydrogen (secondary N) is 2. The molecule has 0 fully saturated rings. The number of benzene rings is 2. The number of carbonyl (C=O) groups is 2. The second-order valence-electron chi connectivity index (χ2n) is 4.82. The molecule has 0 aliphatic heterocycles. The molecule has 0 unspecified atom stereocenters. The molecular weight excluding hydrogens is 312 g/mol. The summed E-state index contributed by atoms with van der Waals surface area (Å²) in [6.07, 6.45) is 0. The monoisotopic (exact) mass is 330 g/mol. The molecule has 2 rings (SSSR count). The number of aromatic hydroxyl groups is 1. The molecule has 126 valence electrons. The van der Waals surface area contributed by atoms with Crippen LogP contribution >= 0.6 is 0 Å². The predicted molar refractivity (Wildman–Crippen MR) is 88.6 cm³/mol. The molecule has 7 nitrogen and oxygen atoms in total. The summed E-state index contributed by atoms with van der Waals surface area (Å²) in [7, 11) is 2.97. The fourth-order valence-electron chi connectivity index (χ4n) is 2.01. The van der Waals surface area contributed by atoms with Crippen molar-refractivity contribution in [3.63, 3.8) is 0 Å². The highest BCUT2D eigenvalue weighted by molar-refractivity contribution is 6.00. The summed E-state index contributed by atoms with van der Waals surface area (Å²) in [6.45, 7) is -0.235. The minimum atomic E-state index is -0.453. The van der Waals surface area contributed by atoms with Crippen molar-refractivity contribution in [2.24, 2.45) is 0 Å². The first-order valence-electron chi connectivity index (χ1n) is 7.13. The van der Waals surface area contributed by atoms with Crippen molar-refractivity contribution in [1.29, 1.82) is 0 Å². The van der Waals surface area contributed by atoms with E-state index in [9.17, 15) is 14.7 Å². The molecule has 2 aromatic rings. The van der Waals surface area contributed by atoms with E-state index >= 15 is 0 Å². The van der Waals surface area contributed by atoms with Crippen LogP contribution in [0.4, 0.5) is 5.69 Å². The van der Waals surface area contributed by atoms with Gasteiger partial charge in [0.25, 0.3) is 5.91 Å². The van der Waals surface area contributed by atoms with Gasteiger partial charge in [-0.2, -0.15) is 0 Å². The second-order valence-corrected chi connectivity index (χ2v) is 4.82. The highest BCUT2D eigenvalue weighted by Crippen LogP contribution is 2.27. The standard InChI is InChI=1S/C17H18N2O5/c1-23-14-8-7-11(9-15(14)24-2)17(22)18-10-16(21)19-12-5-3-4-6-13(12)20/h3-9,20H,10H2,1-2H3,(H,18,22)(H,19,21). The molecule has 0 saturated carbocycles. The van der Waals surface area contributed by atoms with Crippen molar-refractivity contribution < 1.29 is 24.2 Å². The Kier molecular flexibility index (Phi) is 5.62. The van der Waals surface area contributed by atoms with E-state index in [-0.39, 0.29) is 18.0 Å². The lowest BCUT2D eigenvalue weighted by Gasteiger charge is -2.10. The van der Waals surface area contributed by atoms with Crippen molar-refractivity contribution >= 4 is 17.5 Å². The zero-order valence-corrected chi connectivity index (χ0v) is 13.3. The number of para-hydroxylation sites is 2. The van der Waals surface area contributed by atoms with Gasteiger partial charge in [-0.05, 0) is 30.3 Å². The van der Waals surface area contributed by atoms with Crippen LogP contribution < -0.4 is 20.1 Å². The maximum Gasteiger partial charge on any atom is 0.251 e. The van der Waals surface area contributed by atoms with Crippen LogP contribution in [-0.4, -0.2) is 37.7 Å². The van der Waals surface area contributed by atoms with Crippen LogP contribution in [0.2, 0.25) is 0 Å². The van der Waals surface area contributed by atoms with E-state index in [4.69, 9.17) is 9.47 Å². The van der Waals surface area contributed by atoms with Gasteiger partial charge in [-0.25, -0.2) is 0 Å². The molecule has 0 aromatic heterocycles. The first-order chi connectivity index (χ1) is 11.5. The molecule has 0 heterocycles. The molecule has 3 N–H and O–H groups in total. The smallest absolute Gasteiger partial charge is 0.251 e. The van der Waals surface area contributed by atoms with E-state index in [0.717, 1.165) is 0 Å². The number of rotatable bonds is 6. The summed E-state index contributed by atoms with van der Waals surface area (Å²) in [6, 6.07) is 11.0. The van der Waals surface area contributed by atoms with Gasteiger partial charge in [-0.15, -0.1) is 0 Å². The molecule has 0 saturated heterocycles. The van der Waals surface area contributed by atoms with E-state index in [1.165, 1.54) is 26.4 Å². The minimum Gasteiger partial charge on any atom is -0.506 e. The van der Waals surface area contributed by atoms with E-state index in [0.29, 0.717) is 17.1 Å². The Balaban J connectivity index is 1.95.